The molecule has 164 valence electrons. The summed E-state index contributed by atoms with van der Waals surface area (Å²) in [6, 6.07) is 13.5. The summed E-state index contributed by atoms with van der Waals surface area (Å²) in [7, 11) is -4.26. The Balaban J connectivity index is 1.93. The molecule has 0 saturated heterocycles. The molecular weight excluding hydrogens is 440 g/mol. The number of aldehydes is 1. The Bertz CT molecular complexity index is 1100. The van der Waals surface area contributed by atoms with Crippen LogP contribution in [0.3, 0.4) is 0 Å². The summed E-state index contributed by atoms with van der Waals surface area (Å²) >= 11 is 1.28. The molecule has 31 heavy (non-hydrogen) atoms. The fourth-order valence-electron chi connectivity index (χ4n) is 2.91. The third-order valence-corrected chi connectivity index (χ3v) is 7.57. The summed E-state index contributed by atoms with van der Waals surface area (Å²) in [5.41, 5.74) is 0.114. The molecule has 0 bridgehead atoms. The van der Waals surface area contributed by atoms with E-state index in [9.17, 15) is 14.2 Å². The van der Waals surface area contributed by atoms with Gasteiger partial charge in [-0.15, -0.1) is 11.3 Å². The van der Waals surface area contributed by atoms with Crippen molar-refractivity contribution < 1.29 is 27.8 Å². The van der Waals surface area contributed by atoms with Crippen LogP contribution in [-0.4, -0.2) is 24.9 Å². The minimum atomic E-state index is -4.26. The number of rotatable bonds is 10. The van der Waals surface area contributed by atoms with E-state index in [0.717, 1.165) is 11.0 Å². The molecule has 3 atom stereocenters. The number of hydrogen-bond acceptors (Lipinski definition) is 6. The van der Waals surface area contributed by atoms with Crippen LogP contribution in [0.4, 0.5) is 4.39 Å². The lowest BCUT2D eigenvalue weighted by molar-refractivity contribution is -0.145. The predicted molar refractivity (Wildman–Crippen MR) is 120 cm³/mol. The van der Waals surface area contributed by atoms with Crippen molar-refractivity contribution >= 4 is 41.2 Å². The molecule has 0 aliphatic heterocycles. The highest BCUT2D eigenvalue weighted by Crippen LogP contribution is 2.58. The second-order valence-corrected chi connectivity index (χ2v) is 10.1. The predicted octanol–water partition coefficient (Wildman–Crippen LogP) is 5.89. The zero-order valence-corrected chi connectivity index (χ0v) is 18.8. The number of ether oxygens (including phenoxy) is 1. The lowest BCUT2D eigenvalue weighted by Gasteiger charge is -2.26. The van der Waals surface area contributed by atoms with E-state index in [-0.39, 0.29) is 17.9 Å². The van der Waals surface area contributed by atoms with Gasteiger partial charge >= 0.3 is 13.5 Å². The molecular formula is C22H23FNO5PS. The van der Waals surface area contributed by atoms with E-state index in [1.165, 1.54) is 30.4 Å². The van der Waals surface area contributed by atoms with Gasteiger partial charge in [-0.05, 0) is 54.6 Å². The van der Waals surface area contributed by atoms with Crippen molar-refractivity contribution in [1.29, 1.82) is 0 Å². The van der Waals surface area contributed by atoms with E-state index in [2.05, 4.69) is 5.09 Å². The Hall–Kier alpha value is -2.54. The van der Waals surface area contributed by atoms with Crippen LogP contribution in [0, 0.1) is 0 Å². The highest BCUT2D eigenvalue weighted by atomic mass is 32.1. The zero-order chi connectivity index (χ0) is 22.4. The maximum absolute atomic E-state index is 15.7. The smallest absolute Gasteiger partial charge is 0.355 e. The third-order valence-electron chi connectivity index (χ3n) is 4.41. The SMILES string of the molecule is CCCOC(=O)C(C)NP(=O)(Oc1ccccc1)C(F)c1ccc2sc(C=O)cc2c1. The summed E-state index contributed by atoms with van der Waals surface area (Å²) in [4.78, 5) is 23.7. The second-order valence-electron chi connectivity index (χ2n) is 6.92. The fourth-order valence-corrected chi connectivity index (χ4v) is 5.68. The monoisotopic (exact) mass is 463 g/mol. The van der Waals surface area contributed by atoms with Gasteiger partial charge in [-0.25, -0.2) is 9.48 Å². The molecule has 0 aliphatic rings. The molecule has 0 fully saturated rings. The molecule has 9 heteroatoms. The zero-order valence-electron chi connectivity index (χ0n) is 17.1. The molecule has 3 rings (SSSR count). The number of carbonyl (C=O) groups is 2. The van der Waals surface area contributed by atoms with Crippen molar-refractivity contribution in [3.8, 4) is 5.75 Å². The van der Waals surface area contributed by atoms with Crippen LogP contribution in [-0.2, 0) is 14.1 Å². The van der Waals surface area contributed by atoms with Crippen molar-refractivity contribution in [2.75, 3.05) is 6.61 Å². The van der Waals surface area contributed by atoms with Crippen molar-refractivity contribution in [1.82, 2.24) is 5.09 Å². The first-order valence-electron chi connectivity index (χ1n) is 9.78. The van der Waals surface area contributed by atoms with E-state index >= 15 is 4.39 Å². The molecule has 3 unspecified atom stereocenters. The van der Waals surface area contributed by atoms with Gasteiger partial charge in [-0.2, -0.15) is 0 Å². The quantitative estimate of drug-likeness (QED) is 0.230. The van der Waals surface area contributed by atoms with Crippen LogP contribution >= 0.6 is 18.9 Å². The highest BCUT2D eigenvalue weighted by Gasteiger charge is 2.40. The number of thiophene rings is 1. The lowest BCUT2D eigenvalue weighted by atomic mass is 10.2. The molecule has 0 radical (unpaired) electrons. The Morgan fingerprint density at radius 1 is 1.23 bits per heavy atom. The largest absolute Gasteiger partial charge is 0.465 e. The van der Waals surface area contributed by atoms with Crippen LogP contribution in [0.5, 0.6) is 5.75 Å². The standard InChI is InChI=1S/C22H23FNO5PS/c1-3-11-28-22(26)15(2)24-30(27,29-18-7-5-4-6-8-18)21(23)16-9-10-20-17(12-16)13-19(14-25)31-20/h4-10,12-15,21H,3,11H2,1-2H3,(H,24,27). The number of para-hydroxylation sites is 1. The van der Waals surface area contributed by atoms with Gasteiger partial charge in [0.2, 0.25) is 5.91 Å². The maximum atomic E-state index is 15.7. The molecule has 0 amide bonds. The van der Waals surface area contributed by atoms with Crippen LogP contribution in [0.1, 0.15) is 41.4 Å². The first-order valence-corrected chi connectivity index (χ1v) is 12.3. The Labute approximate surface area is 183 Å². The first kappa shape index (κ1) is 23.1. The molecule has 0 saturated carbocycles. The summed E-state index contributed by atoms with van der Waals surface area (Å²) in [6.45, 7) is 3.51. The summed E-state index contributed by atoms with van der Waals surface area (Å²) in [6.07, 6.45) is 1.36. The fraction of sp³-hybridized carbons (Fsp3) is 0.273. The molecule has 6 nitrogen and oxygen atoms in total. The van der Waals surface area contributed by atoms with Gasteiger partial charge in [-0.3, -0.25) is 14.2 Å². The number of halogens is 1. The van der Waals surface area contributed by atoms with Gasteiger partial charge < -0.3 is 9.26 Å². The highest BCUT2D eigenvalue weighted by molar-refractivity contribution is 7.57. The van der Waals surface area contributed by atoms with Gasteiger partial charge in [-0.1, -0.05) is 31.2 Å². The normalized spacial score (nSPS) is 15.1. The van der Waals surface area contributed by atoms with E-state index < -0.39 is 25.4 Å². The van der Waals surface area contributed by atoms with Crippen molar-refractivity contribution in [2.45, 2.75) is 32.2 Å². The number of fused-ring (bicyclic) bond motifs is 1. The third kappa shape index (κ3) is 5.58. The number of alkyl halides is 1. The summed E-state index contributed by atoms with van der Waals surface area (Å²) < 4.78 is 40.9. The van der Waals surface area contributed by atoms with Crippen molar-refractivity contribution in [2.24, 2.45) is 0 Å². The molecule has 1 heterocycles. The van der Waals surface area contributed by atoms with Gasteiger partial charge in [0, 0.05) is 4.70 Å². The van der Waals surface area contributed by atoms with Crippen molar-refractivity contribution in [3.63, 3.8) is 0 Å². The van der Waals surface area contributed by atoms with Crippen LogP contribution in [0.25, 0.3) is 10.1 Å². The van der Waals surface area contributed by atoms with Gasteiger partial charge in [0.1, 0.15) is 11.8 Å². The van der Waals surface area contributed by atoms with Crippen molar-refractivity contribution in [3.05, 3.63) is 65.0 Å². The summed E-state index contributed by atoms with van der Waals surface area (Å²) in [5.74, 6) is -2.50. The molecule has 0 aliphatic carbocycles. The van der Waals surface area contributed by atoms with Gasteiger partial charge in [0.05, 0.1) is 11.5 Å². The number of hydrogen-bond donors (Lipinski definition) is 1. The van der Waals surface area contributed by atoms with E-state index in [1.54, 1.807) is 42.5 Å². The van der Waals surface area contributed by atoms with Crippen LogP contribution < -0.4 is 9.61 Å². The molecule has 3 aromatic rings. The Morgan fingerprint density at radius 3 is 2.65 bits per heavy atom. The summed E-state index contributed by atoms with van der Waals surface area (Å²) in [5, 5.41) is 3.20. The van der Waals surface area contributed by atoms with Gasteiger partial charge in [0.25, 0.3) is 0 Å². The molecule has 0 spiro atoms. The van der Waals surface area contributed by atoms with E-state index in [1.807, 2.05) is 6.92 Å². The minimum Gasteiger partial charge on any atom is -0.465 e. The number of carbonyl (C=O) groups excluding carboxylic acids is 2. The Morgan fingerprint density at radius 2 is 1.97 bits per heavy atom. The van der Waals surface area contributed by atoms with Crippen LogP contribution in [0.2, 0.25) is 0 Å². The minimum absolute atomic E-state index is 0.114. The Kier molecular flexibility index (Phi) is 7.59. The van der Waals surface area contributed by atoms with Crippen LogP contribution in [0.15, 0.2) is 54.6 Å². The average molecular weight is 463 g/mol. The topological polar surface area (TPSA) is 81.7 Å². The van der Waals surface area contributed by atoms with E-state index in [0.29, 0.717) is 16.7 Å². The first-order chi connectivity index (χ1) is 14.9. The molecule has 1 aromatic heterocycles. The van der Waals surface area contributed by atoms with Gasteiger partial charge in [0.15, 0.2) is 6.29 Å². The lowest BCUT2D eigenvalue weighted by Crippen LogP contribution is -2.35. The number of benzene rings is 2. The maximum Gasteiger partial charge on any atom is 0.355 e. The average Bonchev–Trinajstić information content (AvgIpc) is 3.20. The number of nitrogens with one attached hydrogen (secondary N) is 1. The molecule has 2 aromatic carbocycles. The van der Waals surface area contributed by atoms with E-state index in [4.69, 9.17) is 9.26 Å². The molecule has 1 N–H and O–H groups in total. The number of esters is 1. The second kappa shape index (κ2) is 10.2.